The van der Waals surface area contributed by atoms with E-state index in [0.717, 1.165) is 17.5 Å². The molecule has 0 amide bonds. The van der Waals surface area contributed by atoms with Crippen LogP contribution in [0.15, 0.2) is 24.8 Å². The molecule has 3 rings (SSSR count). The van der Waals surface area contributed by atoms with Crippen LogP contribution in [0.3, 0.4) is 0 Å². The van der Waals surface area contributed by atoms with E-state index in [0.29, 0.717) is 5.69 Å². The van der Waals surface area contributed by atoms with E-state index in [2.05, 4.69) is 20.2 Å². The fourth-order valence-corrected chi connectivity index (χ4v) is 2.57. The van der Waals surface area contributed by atoms with Crippen molar-refractivity contribution in [1.29, 1.82) is 0 Å². The normalized spacial score (nSPS) is 21.2. The summed E-state index contributed by atoms with van der Waals surface area (Å²) in [7, 11) is 0. The summed E-state index contributed by atoms with van der Waals surface area (Å²) in [4.78, 5) is 7.83. The second-order valence-corrected chi connectivity index (χ2v) is 5.19. The maximum Gasteiger partial charge on any atom is 0.238 e. The summed E-state index contributed by atoms with van der Waals surface area (Å²) < 4.78 is 24.8. The highest BCUT2D eigenvalue weighted by molar-refractivity contribution is 6.30. The number of aromatic nitrogens is 4. The van der Waals surface area contributed by atoms with E-state index in [1.54, 1.807) is 18.5 Å². The highest BCUT2D eigenvalue weighted by Gasteiger charge is 2.41. The van der Waals surface area contributed by atoms with Gasteiger partial charge in [-0.1, -0.05) is 11.6 Å². The van der Waals surface area contributed by atoms with Gasteiger partial charge in [0.2, 0.25) is 6.43 Å². The van der Waals surface area contributed by atoms with Gasteiger partial charge in [0.15, 0.2) is 5.15 Å². The Morgan fingerprint density at radius 1 is 1.25 bits per heavy atom. The zero-order valence-corrected chi connectivity index (χ0v) is 11.1. The molecule has 2 aromatic heterocycles. The van der Waals surface area contributed by atoms with Gasteiger partial charge >= 0.3 is 0 Å². The van der Waals surface area contributed by atoms with Crippen LogP contribution >= 0.6 is 11.6 Å². The zero-order chi connectivity index (χ0) is 14.1. The summed E-state index contributed by atoms with van der Waals surface area (Å²) in [6.07, 6.45) is 3.03. The lowest BCUT2D eigenvalue weighted by Crippen LogP contribution is -1.97. The largest absolute Gasteiger partial charge is 0.244 e. The Labute approximate surface area is 119 Å². The number of rotatable bonds is 4. The standard InChI is InChI=1S/C13H11ClF2N4/c14-13-10(9-1-7(9)2-12(15)16)3-11(19-20-13)8-4-17-6-18-5-8/h3-7,9,12H,1-2H2/t7-,9+/m1/s1. The van der Waals surface area contributed by atoms with Crippen LogP contribution < -0.4 is 0 Å². The minimum atomic E-state index is -2.28. The lowest BCUT2D eigenvalue weighted by Gasteiger charge is -2.05. The first-order valence-corrected chi connectivity index (χ1v) is 6.59. The lowest BCUT2D eigenvalue weighted by atomic mass is 10.1. The van der Waals surface area contributed by atoms with E-state index in [1.807, 2.05) is 0 Å². The van der Waals surface area contributed by atoms with Gasteiger partial charge in [-0.25, -0.2) is 18.7 Å². The Hall–Kier alpha value is -1.69. The maximum atomic E-state index is 12.4. The van der Waals surface area contributed by atoms with Crippen LogP contribution in [-0.2, 0) is 0 Å². The van der Waals surface area contributed by atoms with Crippen molar-refractivity contribution in [1.82, 2.24) is 20.2 Å². The van der Waals surface area contributed by atoms with E-state index >= 15 is 0 Å². The van der Waals surface area contributed by atoms with Gasteiger partial charge in [0.25, 0.3) is 0 Å². The average Bonchev–Trinajstić information content (AvgIpc) is 3.18. The molecule has 104 valence electrons. The minimum absolute atomic E-state index is 0.0171. The van der Waals surface area contributed by atoms with Crippen LogP contribution in [0, 0.1) is 5.92 Å². The van der Waals surface area contributed by atoms with Crippen LogP contribution in [0.4, 0.5) is 8.78 Å². The van der Waals surface area contributed by atoms with Gasteiger partial charge in [0.05, 0.1) is 5.69 Å². The van der Waals surface area contributed by atoms with Crippen molar-refractivity contribution in [2.75, 3.05) is 0 Å². The molecule has 4 nitrogen and oxygen atoms in total. The van der Waals surface area contributed by atoms with Gasteiger partial charge in [-0.15, -0.1) is 10.2 Å². The zero-order valence-electron chi connectivity index (χ0n) is 10.4. The average molecular weight is 297 g/mol. The monoisotopic (exact) mass is 296 g/mol. The first-order valence-electron chi connectivity index (χ1n) is 6.22. The lowest BCUT2D eigenvalue weighted by molar-refractivity contribution is 0.129. The molecule has 1 aliphatic carbocycles. The van der Waals surface area contributed by atoms with Crippen LogP contribution in [0.2, 0.25) is 5.15 Å². The van der Waals surface area contributed by atoms with Gasteiger partial charge < -0.3 is 0 Å². The Bertz CT molecular complexity index is 609. The first kappa shape index (κ1) is 13.3. The molecule has 2 atom stereocenters. The number of hydrogen-bond donors (Lipinski definition) is 0. The van der Waals surface area contributed by atoms with E-state index in [9.17, 15) is 8.78 Å². The minimum Gasteiger partial charge on any atom is -0.244 e. The van der Waals surface area contributed by atoms with Crippen LogP contribution in [-0.4, -0.2) is 26.6 Å². The van der Waals surface area contributed by atoms with Crippen molar-refractivity contribution in [2.24, 2.45) is 5.92 Å². The van der Waals surface area contributed by atoms with E-state index < -0.39 is 6.43 Å². The van der Waals surface area contributed by atoms with Crippen molar-refractivity contribution in [3.8, 4) is 11.3 Å². The molecule has 2 aromatic rings. The smallest absolute Gasteiger partial charge is 0.238 e. The second-order valence-electron chi connectivity index (χ2n) is 4.83. The van der Waals surface area contributed by atoms with E-state index in [4.69, 9.17) is 11.6 Å². The fourth-order valence-electron chi connectivity index (χ4n) is 2.34. The SMILES string of the molecule is FC(F)C[C@H]1C[C@@H]1c1cc(-c2cncnc2)nnc1Cl. The number of alkyl halides is 2. The predicted molar refractivity (Wildman–Crippen MR) is 69.5 cm³/mol. The summed E-state index contributed by atoms with van der Waals surface area (Å²) >= 11 is 6.03. The molecule has 1 fully saturated rings. The van der Waals surface area contributed by atoms with Crippen molar-refractivity contribution >= 4 is 11.6 Å². The number of hydrogen-bond acceptors (Lipinski definition) is 4. The third-order valence-electron chi connectivity index (χ3n) is 3.44. The molecule has 1 saturated carbocycles. The van der Waals surface area contributed by atoms with Crippen molar-refractivity contribution in [3.05, 3.63) is 35.5 Å². The summed E-state index contributed by atoms with van der Waals surface area (Å²) in [6.45, 7) is 0. The summed E-state index contributed by atoms with van der Waals surface area (Å²) in [5.74, 6) is 0.0342. The molecule has 0 radical (unpaired) electrons. The maximum absolute atomic E-state index is 12.4. The van der Waals surface area contributed by atoms with Gasteiger partial charge in [-0.05, 0) is 29.9 Å². The second kappa shape index (κ2) is 5.36. The number of halogens is 3. The van der Waals surface area contributed by atoms with Gasteiger partial charge in [0, 0.05) is 24.4 Å². The molecular weight excluding hydrogens is 286 g/mol. The summed E-state index contributed by atoms with van der Waals surface area (Å²) in [5, 5.41) is 8.18. The molecule has 0 unspecified atom stereocenters. The molecule has 0 aromatic carbocycles. The summed E-state index contributed by atoms with van der Waals surface area (Å²) in [5.41, 5.74) is 2.11. The van der Waals surface area contributed by atoms with E-state index in [-0.39, 0.29) is 23.4 Å². The Kier molecular flexibility index (Phi) is 3.56. The molecule has 0 aliphatic heterocycles. The van der Waals surface area contributed by atoms with Crippen LogP contribution in [0.1, 0.15) is 24.3 Å². The third-order valence-corrected chi connectivity index (χ3v) is 3.73. The molecule has 2 heterocycles. The van der Waals surface area contributed by atoms with E-state index in [1.165, 1.54) is 6.33 Å². The first-order chi connectivity index (χ1) is 9.65. The number of nitrogens with zero attached hydrogens (tertiary/aromatic N) is 4. The highest BCUT2D eigenvalue weighted by atomic mass is 35.5. The van der Waals surface area contributed by atoms with Crippen molar-refractivity contribution in [3.63, 3.8) is 0 Å². The molecule has 7 heteroatoms. The van der Waals surface area contributed by atoms with Gasteiger partial charge in [-0.3, -0.25) is 0 Å². The Balaban J connectivity index is 1.86. The van der Waals surface area contributed by atoms with Crippen molar-refractivity contribution < 1.29 is 8.78 Å². The molecular formula is C13H11ClF2N4. The molecule has 1 aliphatic rings. The predicted octanol–water partition coefficient (Wildman–Crippen LogP) is 3.35. The quantitative estimate of drug-likeness (QED) is 0.868. The third kappa shape index (κ3) is 2.75. The molecule has 0 bridgehead atoms. The van der Waals surface area contributed by atoms with Crippen LogP contribution in [0.25, 0.3) is 11.3 Å². The molecule has 0 N–H and O–H groups in total. The van der Waals surface area contributed by atoms with Crippen LogP contribution in [0.5, 0.6) is 0 Å². The summed E-state index contributed by atoms with van der Waals surface area (Å²) in [6, 6.07) is 1.80. The molecule has 20 heavy (non-hydrogen) atoms. The fraction of sp³-hybridized carbons (Fsp3) is 0.385. The molecule has 0 saturated heterocycles. The molecule has 0 spiro atoms. The Morgan fingerprint density at radius 2 is 2.00 bits per heavy atom. The topological polar surface area (TPSA) is 51.6 Å². The Morgan fingerprint density at radius 3 is 2.70 bits per heavy atom. The van der Waals surface area contributed by atoms with Gasteiger partial charge in [-0.2, -0.15) is 0 Å². The van der Waals surface area contributed by atoms with Crippen molar-refractivity contribution in [2.45, 2.75) is 25.2 Å². The highest BCUT2D eigenvalue weighted by Crippen LogP contribution is 2.52. The van der Waals surface area contributed by atoms with Gasteiger partial charge in [0.1, 0.15) is 6.33 Å².